The van der Waals surface area contributed by atoms with Crippen LogP contribution in [-0.2, 0) is 0 Å². The average molecular weight is 141 g/mol. The lowest BCUT2D eigenvalue weighted by atomic mass is 10.0. The Morgan fingerprint density at radius 3 is 2.50 bits per heavy atom. The highest BCUT2D eigenvalue weighted by Gasteiger charge is 2.22. The fraction of sp³-hybridized carbons (Fsp3) is 0.333. The van der Waals surface area contributed by atoms with Crippen LogP contribution in [0, 0.1) is 0 Å². The fourth-order valence-electron chi connectivity index (χ4n) is 0.973. The van der Waals surface area contributed by atoms with Crippen molar-refractivity contribution in [3.05, 3.63) is 23.5 Å². The predicted molar refractivity (Wildman–Crippen MR) is 38.3 cm³/mol. The van der Waals surface area contributed by atoms with Crippen LogP contribution in [0.5, 0.6) is 0 Å². The highest BCUT2D eigenvalue weighted by atomic mass is 16.3. The Hall–Kier alpha value is -1.00. The Morgan fingerprint density at radius 1 is 1.50 bits per heavy atom. The third kappa shape index (κ3) is 1.49. The molecule has 0 heterocycles. The van der Waals surface area contributed by atoms with E-state index in [0.717, 1.165) is 0 Å². The van der Waals surface area contributed by atoms with Crippen LogP contribution in [0.2, 0.25) is 0 Å². The first-order valence-electron chi connectivity index (χ1n) is 2.95. The maximum Gasteiger partial charge on any atom is 0.140 e. The summed E-state index contributed by atoms with van der Waals surface area (Å²) in [4.78, 5) is 0. The van der Waals surface area contributed by atoms with Gasteiger partial charge in [0.25, 0.3) is 0 Å². The first-order valence-corrected chi connectivity index (χ1v) is 2.95. The zero-order chi connectivity index (χ0) is 7.78. The summed E-state index contributed by atoms with van der Waals surface area (Å²) in [5, 5.41) is 9.22. The van der Waals surface area contributed by atoms with Crippen LogP contribution < -0.4 is 17.2 Å². The molecular weight excluding hydrogens is 130 g/mol. The van der Waals surface area contributed by atoms with Gasteiger partial charge in [0.2, 0.25) is 0 Å². The van der Waals surface area contributed by atoms with Gasteiger partial charge in [0.1, 0.15) is 5.72 Å². The second-order valence-corrected chi connectivity index (χ2v) is 2.53. The molecule has 1 atom stereocenters. The van der Waals surface area contributed by atoms with E-state index in [2.05, 4.69) is 0 Å². The summed E-state index contributed by atoms with van der Waals surface area (Å²) >= 11 is 0. The third-order valence-electron chi connectivity index (χ3n) is 1.26. The van der Waals surface area contributed by atoms with Crippen molar-refractivity contribution in [3.8, 4) is 0 Å². The minimum atomic E-state index is -1.36. The van der Waals surface area contributed by atoms with E-state index in [9.17, 15) is 5.11 Å². The molecule has 4 nitrogen and oxygen atoms in total. The second kappa shape index (κ2) is 2.00. The van der Waals surface area contributed by atoms with Crippen LogP contribution in [0.25, 0.3) is 0 Å². The molecule has 1 unspecified atom stereocenters. The van der Waals surface area contributed by atoms with Crippen LogP contribution in [0.15, 0.2) is 23.5 Å². The Morgan fingerprint density at radius 2 is 2.10 bits per heavy atom. The molecule has 1 rings (SSSR count). The number of allylic oxidation sites excluding steroid dienone is 1. The van der Waals surface area contributed by atoms with Crippen molar-refractivity contribution in [1.82, 2.24) is 0 Å². The lowest BCUT2D eigenvalue weighted by Gasteiger charge is -2.23. The zero-order valence-corrected chi connectivity index (χ0v) is 5.54. The first-order chi connectivity index (χ1) is 4.49. The van der Waals surface area contributed by atoms with Gasteiger partial charge in [0.15, 0.2) is 0 Å². The smallest absolute Gasteiger partial charge is 0.140 e. The summed E-state index contributed by atoms with van der Waals surface area (Å²) in [6.45, 7) is 0. The molecular formula is C6H11N3O. The number of hydrogen-bond donors (Lipinski definition) is 4. The summed E-state index contributed by atoms with van der Waals surface area (Å²) in [5.41, 5.74) is 15.7. The quantitative estimate of drug-likeness (QED) is 0.316. The molecule has 0 aliphatic heterocycles. The van der Waals surface area contributed by atoms with Crippen molar-refractivity contribution in [2.45, 2.75) is 12.1 Å². The zero-order valence-electron chi connectivity index (χ0n) is 5.54. The van der Waals surface area contributed by atoms with E-state index in [1.807, 2.05) is 0 Å². The minimum absolute atomic E-state index is 0.244. The third-order valence-corrected chi connectivity index (χ3v) is 1.26. The molecule has 0 bridgehead atoms. The van der Waals surface area contributed by atoms with Crippen molar-refractivity contribution in [3.63, 3.8) is 0 Å². The monoisotopic (exact) mass is 141 g/mol. The van der Waals surface area contributed by atoms with Gasteiger partial charge in [-0.1, -0.05) is 0 Å². The van der Waals surface area contributed by atoms with Gasteiger partial charge in [0.05, 0.1) is 0 Å². The van der Waals surface area contributed by atoms with E-state index in [4.69, 9.17) is 17.2 Å². The van der Waals surface area contributed by atoms with E-state index in [-0.39, 0.29) is 6.42 Å². The van der Waals surface area contributed by atoms with Gasteiger partial charge in [0, 0.05) is 17.8 Å². The molecule has 0 aromatic heterocycles. The second-order valence-electron chi connectivity index (χ2n) is 2.53. The normalized spacial score (nSPS) is 33.0. The maximum atomic E-state index is 9.22. The van der Waals surface area contributed by atoms with Gasteiger partial charge < -0.3 is 16.6 Å². The molecule has 4 heteroatoms. The van der Waals surface area contributed by atoms with Gasteiger partial charge in [-0.2, -0.15) is 0 Å². The largest absolute Gasteiger partial charge is 0.402 e. The number of aliphatic hydroxyl groups is 1. The Labute approximate surface area is 59.0 Å². The van der Waals surface area contributed by atoms with Crippen molar-refractivity contribution in [2.24, 2.45) is 17.2 Å². The van der Waals surface area contributed by atoms with Crippen LogP contribution in [-0.4, -0.2) is 10.8 Å². The molecule has 7 N–H and O–H groups in total. The molecule has 0 radical (unpaired) electrons. The van der Waals surface area contributed by atoms with Crippen molar-refractivity contribution in [1.29, 1.82) is 0 Å². The van der Waals surface area contributed by atoms with Gasteiger partial charge in [-0.15, -0.1) is 0 Å². The molecule has 10 heavy (non-hydrogen) atoms. The van der Waals surface area contributed by atoms with Crippen molar-refractivity contribution in [2.75, 3.05) is 0 Å². The highest BCUT2D eigenvalue weighted by molar-refractivity contribution is 5.28. The molecule has 1 aliphatic rings. The van der Waals surface area contributed by atoms with Gasteiger partial charge in [-0.25, -0.2) is 0 Å². The number of nitrogens with two attached hydrogens (primary N) is 3. The van der Waals surface area contributed by atoms with Gasteiger partial charge in [-0.3, -0.25) is 5.73 Å². The fourth-order valence-corrected chi connectivity index (χ4v) is 0.973. The number of hydrogen-bond acceptors (Lipinski definition) is 4. The van der Waals surface area contributed by atoms with E-state index in [1.54, 1.807) is 6.08 Å². The predicted octanol–water partition coefficient (Wildman–Crippen LogP) is -1.28. The lowest BCUT2D eigenvalue weighted by molar-refractivity contribution is 0.0960. The minimum Gasteiger partial charge on any atom is -0.402 e. The topological polar surface area (TPSA) is 98.3 Å². The molecule has 1 aliphatic carbocycles. The van der Waals surface area contributed by atoms with Gasteiger partial charge >= 0.3 is 0 Å². The van der Waals surface area contributed by atoms with E-state index < -0.39 is 5.72 Å². The Balaban J connectivity index is 2.88. The van der Waals surface area contributed by atoms with E-state index >= 15 is 0 Å². The summed E-state index contributed by atoms with van der Waals surface area (Å²) in [7, 11) is 0. The Kier molecular flexibility index (Phi) is 1.42. The standard InChI is InChI=1S/C6H11N3O/c7-4-1-5(8)3-6(9,10)2-4/h1-2,10H,3,7-9H2. The summed E-state index contributed by atoms with van der Waals surface area (Å²) in [6.07, 6.45) is 3.21. The van der Waals surface area contributed by atoms with Crippen LogP contribution in [0.4, 0.5) is 0 Å². The molecule has 0 spiro atoms. The molecule has 0 aromatic carbocycles. The SMILES string of the molecule is NC1=CC(N)(O)CC(N)=C1. The average Bonchev–Trinajstić information content (AvgIpc) is 1.54. The Bertz CT molecular complexity index is 205. The molecule has 0 fully saturated rings. The molecule has 0 aromatic rings. The van der Waals surface area contributed by atoms with Gasteiger partial charge in [-0.05, 0) is 12.2 Å². The summed E-state index contributed by atoms with van der Waals surface area (Å²) in [5.74, 6) is 0. The number of rotatable bonds is 0. The van der Waals surface area contributed by atoms with Crippen molar-refractivity contribution < 1.29 is 5.11 Å². The first kappa shape index (κ1) is 7.11. The summed E-state index contributed by atoms with van der Waals surface area (Å²) in [6, 6.07) is 0. The van der Waals surface area contributed by atoms with Crippen molar-refractivity contribution >= 4 is 0 Å². The molecule has 0 amide bonds. The van der Waals surface area contributed by atoms with E-state index in [0.29, 0.717) is 11.4 Å². The molecule has 0 saturated heterocycles. The van der Waals surface area contributed by atoms with E-state index in [1.165, 1.54) is 6.08 Å². The molecule has 56 valence electrons. The van der Waals surface area contributed by atoms with Crippen LogP contribution in [0.3, 0.4) is 0 Å². The summed E-state index contributed by atoms with van der Waals surface area (Å²) < 4.78 is 0. The van der Waals surface area contributed by atoms with Crippen LogP contribution in [0.1, 0.15) is 6.42 Å². The molecule has 0 saturated carbocycles. The maximum absolute atomic E-state index is 9.22. The highest BCUT2D eigenvalue weighted by Crippen LogP contribution is 2.16. The lowest BCUT2D eigenvalue weighted by Crippen LogP contribution is -2.41. The van der Waals surface area contributed by atoms with Crippen LogP contribution >= 0.6 is 0 Å².